The molecule has 2 unspecified atom stereocenters. The number of hydrogen-bond acceptors (Lipinski definition) is 4. The van der Waals surface area contributed by atoms with Crippen molar-refractivity contribution in [2.75, 3.05) is 6.54 Å². The first-order valence-corrected chi connectivity index (χ1v) is 8.78. The van der Waals surface area contributed by atoms with Gasteiger partial charge in [0, 0.05) is 18.3 Å². The van der Waals surface area contributed by atoms with Crippen molar-refractivity contribution in [1.82, 2.24) is 10.3 Å². The fourth-order valence-corrected chi connectivity index (χ4v) is 3.21. The van der Waals surface area contributed by atoms with Gasteiger partial charge in [0.2, 0.25) is 0 Å². The van der Waals surface area contributed by atoms with Gasteiger partial charge >= 0.3 is 0 Å². The van der Waals surface area contributed by atoms with Crippen LogP contribution < -0.4 is 5.32 Å². The first-order chi connectivity index (χ1) is 10.9. The third-order valence-corrected chi connectivity index (χ3v) is 4.46. The van der Waals surface area contributed by atoms with Gasteiger partial charge in [-0.05, 0) is 31.7 Å². The minimum atomic E-state index is -0.345. The largest absolute Gasteiger partial charge is 0.393 e. The summed E-state index contributed by atoms with van der Waals surface area (Å²) in [5.41, 5.74) is 2.91. The highest BCUT2D eigenvalue weighted by Gasteiger charge is 2.13. The van der Waals surface area contributed by atoms with Gasteiger partial charge in [0.15, 0.2) is 0 Å². The zero-order chi connectivity index (χ0) is 16.8. The molecule has 4 nitrogen and oxygen atoms in total. The van der Waals surface area contributed by atoms with Gasteiger partial charge in [0.1, 0.15) is 5.69 Å². The molecule has 0 bridgehead atoms. The summed E-state index contributed by atoms with van der Waals surface area (Å²) in [6.45, 7) is 6.38. The van der Waals surface area contributed by atoms with Crippen LogP contribution in [0.1, 0.15) is 46.9 Å². The summed E-state index contributed by atoms with van der Waals surface area (Å²) in [6.07, 6.45) is 1.08. The molecular formula is C18H24N2O2S. The van der Waals surface area contributed by atoms with E-state index in [-0.39, 0.29) is 17.9 Å². The van der Waals surface area contributed by atoms with E-state index in [1.54, 1.807) is 12.3 Å². The van der Waals surface area contributed by atoms with E-state index in [4.69, 9.17) is 0 Å². The summed E-state index contributed by atoms with van der Waals surface area (Å²) in [4.78, 5) is 16.5. The molecule has 1 amide bonds. The lowest BCUT2D eigenvalue weighted by atomic mass is 10.0. The van der Waals surface area contributed by atoms with E-state index in [2.05, 4.69) is 41.5 Å². The molecular weight excluding hydrogens is 308 g/mol. The van der Waals surface area contributed by atoms with E-state index >= 15 is 0 Å². The van der Waals surface area contributed by atoms with Crippen LogP contribution >= 0.6 is 11.3 Å². The van der Waals surface area contributed by atoms with E-state index in [1.807, 2.05) is 6.92 Å². The Hall–Kier alpha value is -1.72. The molecule has 0 fully saturated rings. The molecule has 1 aromatic heterocycles. The van der Waals surface area contributed by atoms with E-state index in [0.717, 1.165) is 11.4 Å². The van der Waals surface area contributed by atoms with Crippen molar-refractivity contribution in [3.05, 3.63) is 51.5 Å². The molecule has 1 aromatic carbocycles. The van der Waals surface area contributed by atoms with Crippen molar-refractivity contribution in [3.8, 4) is 0 Å². The Morgan fingerprint density at radius 1 is 1.30 bits per heavy atom. The third kappa shape index (κ3) is 5.77. The van der Waals surface area contributed by atoms with Gasteiger partial charge in [0.25, 0.3) is 5.91 Å². The smallest absolute Gasteiger partial charge is 0.270 e. The van der Waals surface area contributed by atoms with E-state index < -0.39 is 0 Å². The van der Waals surface area contributed by atoms with Crippen molar-refractivity contribution < 1.29 is 9.90 Å². The van der Waals surface area contributed by atoms with Crippen LogP contribution in [0.5, 0.6) is 0 Å². The van der Waals surface area contributed by atoms with Crippen molar-refractivity contribution in [3.63, 3.8) is 0 Å². The third-order valence-electron chi connectivity index (χ3n) is 3.61. The van der Waals surface area contributed by atoms with Gasteiger partial charge in [-0.2, -0.15) is 0 Å². The Labute approximate surface area is 141 Å². The molecule has 2 aromatic rings. The highest BCUT2D eigenvalue weighted by Crippen LogP contribution is 2.15. The Kier molecular flexibility index (Phi) is 6.30. The van der Waals surface area contributed by atoms with Crippen molar-refractivity contribution in [2.45, 2.75) is 39.7 Å². The number of amides is 1. The van der Waals surface area contributed by atoms with Crippen LogP contribution in [0.4, 0.5) is 0 Å². The number of aliphatic hydroxyl groups excluding tert-OH is 1. The van der Waals surface area contributed by atoms with Crippen molar-refractivity contribution in [2.24, 2.45) is 5.92 Å². The van der Waals surface area contributed by atoms with Crippen LogP contribution in [0.25, 0.3) is 0 Å². The number of aliphatic hydroxyl groups is 1. The van der Waals surface area contributed by atoms with Crippen LogP contribution in [0, 0.1) is 12.8 Å². The number of nitrogens with zero attached hydrogens (tertiary/aromatic N) is 1. The molecule has 124 valence electrons. The lowest BCUT2D eigenvalue weighted by Gasteiger charge is -2.13. The molecule has 0 radical (unpaired) electrons. The molecule has 0 saturated heterocycles. The number of aromatic nitrogens is 1. The second kappa shape index (κ2) is 8.22. The maximum Gasteiger partial charge on any atom is 0.270 e. The monoisotopic (exact) mass is 332 g/mol. The number of carbonyl (C=O) groups is 1. The first-order valence-electron chi connectivity index (χ1n) is 7.90. The highest BCUT2D eigenvalue weighted by molar-refractivity contribution is 7.09. The summed E-state index contributed by atoms with van der Waals surface area (Å²) in [6, 6.07) is 8.35. The zero-order valence-corrected chi connectivity index (χ0v) is 14.7. The van der Waals surface area contributed by atoms with Gasteiger partial charge in [-0.25, -0.2) is 4.98 Å². The molecule has 2 N–H and O–H groups in total. The van der Waals surface area contributed by atoms with Crippen LogP contribution in [0.15, 0.2) is 29.6 Å². The SMILES string of the molecule is Cc1ccc(Cc2nc(C(=O)NCC(C)CC(C)O)cs2)cc1. The van der Waals surface area contributed by atoms with Crippen molar-refractivity contribution in [1.29, 1.82) is 0 Å². The highest BCUT2D eigenvalue weighted by atomic mass is 32.1. The van der Waals surface area contributed by atoms with Gasteiger partial charge in [-0.3, -0.25) is 4.79 Å². The van der Waals surface area contributed by atoms with Gasteiger partial charge in [-0.15, -0.1) is 11.3 Å². The summed E-state index contributed by atoms with van der Waals surface area (Å²) in [7, 11) is 0. The van der Waals surface area contributed by atoms with Gasteiger partial charge in [-0.1, -0.05) is 36.8 Å². The normalized spacial score (nSPS) is 13.6. The molecule has 0 aliphatic heterocycles. The minimum Gasteiger partial charge on any atom is -0.393 e. The van der Waals surface area contributed by atoms with E-state index in [1.165, 1.54) is 22.5 Å². The Bertz CT molecular complexity index is 635. The zero-order valence-electron chi connectivity index (χ0n) is 13.9. The number of thiazole rings is 1. The quantitative estimate of drug-likeness (QED) is 0.818. The maximum absolute atomic E-state index is 12.1. The standard InChI is InChI=1S/C18H24N2O2S/c1-12-4-6-15(7-5-12)9-17-20-16(11-23-17)18(22)19-10-13(2)8-14(3)21/h4-7,11,13-14,21H,8-10H2,1-3H3,(H,19,22). The number of benzene rings is 1. The van der Waals surface area contributed by atoms with Crippen LogP contribution in [-0.2, 0) is 6.42 Å². The van der Waals surface area contributed by atoms with E-state index in [9.17, 15) is 9.90 Å². The second-order valence-corrected chi connectivity index (χ2v) is 7.13. The van der Waals surface area contributed by atoms with Crippen LogP contribution in [-0.4, -0.2) is 28.6 Å². The fourth-order valence-electron chi connectivity index (χ4n) is 2.40. The number of hydrogen-bond donors (Lipinski definition) is 2. The Balaban J connectivity index is 1.88. The van der Waals surface area contributed by atoms with Crippen molar-refractivity contribution >= 4 is 17.2 Å². The number of carbonyl (C=O) groups excluding carboxylic acids is 1. The number of aryl methyl sites for hydroxylation is 1. The van der Waals surface area contributed by atoms with Crippen LogP contribution in [0.2, 0.25) is 0 Å². The Morgan fingerprint density at radius 2 is 2.00 bits per heavy atom. The number of rotatable bonds is 7. The second-order valence-electron chi connectivity index (χ2n) is 6.19. The summed E-state index contributed by atoms with van der Waals surface area (Å²) in [5.74, 6) is 0.0958. The molecule has 0 spiro atoms. The molecule has 23 heavy (non-hydrogen) atoms. The average Bonchev–Trinajstić information content (AvgIpc) is 2.95. The lowest BCUT2D eigenvalue weighted by Crippen LogP contribution is -2.29. The van der Waals surface area contributed by atoms with Gasteiger partial charge in [0.05, 0.1) is 11.1 Å². The Morgan fingerprint density at radius 3 is 2.65 bits per heavy atom. The van der Waals surface area contributed by atoms with Gasteiger partial charge < -0.3 is 10.4 Å². The fraction of sp³-hybridized carbons (Fsp3) is 0.444. The average molecular weight is 332 g/mol. The maximum atomic E-state index is 12.1. The predicted octanol–water partition coefficient (Wildman–Crippen LogP) is 3.18. The molecule has 0 saturated carbocycles. The molecule has 2 atom stereocenters. The number of nitrogens with one attached hydrogen (secondary N) is 1. The minimum absolute atomic E-state index is 0.145. The molecule has 0 aliphatic carbocycles. The predicted molar refractivity (Wildman–Crippen MR) is 93.9 cm³/mol. The molecule has 2 rings (SSSR count). The first kappa shape index (κ1) is 17.6. The van der Waals surface area contributed by atoms with E-state index in [0.29, 0.717) is 18.7 Å². The summed E-state index contributed by atoms with van der Waals surface area (Å²) < 4.78 is 0. The molecule has 1 heterocycles. The topological polar surface area (TPSA) is 62.2 Å². The molecule has 0 aliphatic rings. The lowest BCUT2D eigenvalue weighted by molar-refractivity contribution is 0.0935. The molecule has 5 heteroatoms. The summed E-state index contributed by atoms with van der Waals surface area (Å²) in [5, 5.41) is 15.0. The van der Waals surface area contributed by atoms with Crippen LogP contribution in [0.3, 0.4) is 0 Å². The summed E-state index contributed by atoms with van der Waals surface area (Å²) >= 11 is 1.51.